The molecule has 6 fully saturated rings. The lowest BCUT2D eigenvalue weighted by Crippen LogP contribution is -2.65. The molecule has 44 heavy (non-hydrogen) atoms. The van der Waals surface area contributed by atoms with Gasteiger partial charge in [-0.05, 0) is 92.7 Å². The molecule has 3 heterocycles. The molecule has 2 saturated heterocycles. The first-order valence-electron chi connectivity index (χ1n) is 15.3. The molecule has 4 saturated carbocycles. The number of hydrogen-bond acceptors (Lipinski definition) is 5. The summed E-state index contributed by atoms with van der Waals surface area (Å²) < 4.78 is 65.4. The number of anilines is 1. The molecule has 0 unspecified atom stereocenters. The Kier molecular flexibility index (Phi) is 6.81. The van der Waals surface area contributed by atoms with Crippen LogP contribution in [0.15, 0.2) is 60.9 Å². The monoisotopic (exact) mass is 609 g/mol. The zero-order valence-corrected chi connectivity index (χ0v) is 24.6. The van der Waals surface area contributed by atoms with E-state index < -0.39 is 23.3 Å². The summed E-state index contributed by atoms with van der Waals surface area (Å²) in [6.45, 7) is 3.35. The Hall–Kier alpha value is -3.53. The van der Waals surface area contributed by atoms with Gasteiger partial charge in [0.2, 0.25) is 11.7 Å². The zero-order valence-electron chi connectivity index (χ0n) is 24.6. The van der Waals surface area contributed by atoms with Crippen molar-refractivity contribution in [1.29, 1.82) is 0 Å². The summed E-state index contributed by atoms with van der Waals surface area (Å²) >= 11 is 0. The smallest absolute Gasteiger partial charge is 0.451 e. The van der Waals surface area contributed by atoms with E-state index in [0.717, 1.165) is 35.4 Å². The molecule has 2 aliphatic heterocycles. The predicted molar refractivity (Wildman–Crippen MR) is 156 cm³/mol. The fraction of sp³-hybridized carbons (Fsp3) is 0.500. The highest BCUT2D eigenvalue weighted by Crippen LogP contribution is 2.71. The van der Waals surface area contributed by atoms with Crippen molar-refractivity contribution in [2.75, 3.05) is 24.7 Å². The number of ether oxygens (including phenoxy) is 2. The number of aromatic nitrogens is 2. The molecule has 10 heteroatoms. The molecule has 0 radical (unpaired) electrons. The summed E-state index contributed by atoms with van der Waals surface area (Å²) in [7, 11) is 0. The zero-order chi connectivity index (χ0) is 30.8. The minimum absolute atomic E-state index is 0.0106. The van der Waals surface area contributed by atoms with E-state index in [0.29, 0.717) is 63.8 Å². The molecule has 232 valence electrons. The lowest BCUT2D eigenvalue weighted by molar-refractivity contribution is -0.215. The van der Waals surface area contributed by atoms with Crippen LogP contribution < -0.4 is 9.64 Å². The number of fused-ring (bicyclic) bond motifs is 3. The standard InChI is InChI=1S/C34H35F4N3O3/c1-2-43-27-8-6-23(7-9-27)24-4-3-5-26(14-24)41(28(42)15-31-18-32(35,19-31)20-31)21-30-10-12-33(13-11-30,44-22-30)25-16-39-29(40-17-25)34(36,37)38/h3-9,14,16-17H,2,10-13,15,18-22H2,1H3. The molecule has 9 rings (SSSR count). The maximum absolute atomic E-state index is 14.3. The molecule has 1 aromatic heterocycles. The second-order valence-electron chi connectivity index (χ2n) is 13.4. The molecule has 4 bridgehead atoms. The van der Waals surface area contributed by atoms with Gasteiger partial charge in [0, 0.05) is 42.0 Å². The van der Waals surface area contributed by atoms with Crippen LogP contribution in [0.25, 0.3) is 11.1 Å². The first-order chi connectivity index (χ1) is 20.9. The first-order valence-corrected chi connectivity index (χ1v) is 15.3. The number of carbonyl (C=O) groups is 1. The normalized spacial score (nSPS) is 30.3. The number of hydrogen-bond donors (Lipinski definition) is 0. The fourth-order valence-corrected chi connectivity index (χ4v) is 7.94. The van der Waals surface area contributed by atoms with Gasteiger partial charge in [-0.3, -0.25) is 4.79 Å². The van der Waals surface area contributed by atoms with Crippen LogP contribution in [0, 0.1) is 10.8 Å². The molecular weight excluding hydrogens is 574 g/mol. The van der Waals surface area contributed by atoms with Gasteiger partial charge in [-0.25, -0.2) is 14.4 Å². The number of benzene rings is 2. The summed E-state index contributed by atoms with van der Waals surface area (Å²) in [5, 5.41) is 0. The molecular formula is C34H35F4N3O3. The third kappa shape index (κ3) is 5.14. The van der Waals surface area contributed by atoms with Crippen LogP contribution in [0.5, 0.6) is 5.75 Å². The minimum Gasteiger partial charge on any atom is -0.494 e. The Labute approximate surface area is 253 Å². The Morgan fingerprint density at radius 3 is 2.20 bits per heavy atom. The lowest BCUT2D eigenvalue weighted by Gasteiger charge is -2.66. The summed E-state index contributed by atoms with van der Waals surface area (Å²) in [4.78, 5) is 23.0. The van der Waals surface area contributed by atoms with Crippen LogP contribution in [0.1, 0.15) is 69.7 Å². The van der Waals surface area contributed by atoms with Crippen molar-refractivity contribution >= 4 is 11.6 Å². The van der Waals surface area contributed by atoms with Crippen LogP contribution in [-0.2, 0) is 21.3 Å². The van der Waals surface area contributed by atoms with E-state index in [2.05, 4.69) is 9.97 Å². The molecule has 6 nitrogen and oxygen atoms in total. The Morgan fingerprint density at radius 2 is 1.64 bits per heavy atom. The van der Waals surface area contributed by atoms with Crippen LogP contribution in [0.3, 0.4) is 0 Å². The van der Waals surface area contributed by atoms with Crippen molar-refractivity contribution in [3.63, 3.8) is 0 Å². The third-order valence-electron chi connectivity index (χ3n) is 10.3. The van der Waals surface area contributed by atoms with Crippen molar-refractivity contribution < 1.29 is 31.8 Å². The maximum atomic E-state index is 14.3. The van der Waals surface area contributed by atoms with Gasteiger partial charge in [0.15, 0.2) is 0 Å². The second-order valence-corrected chi connectivity index (χ2v) is 13.4. The van der Waals surface area contributed by atoms with E-state index in [4.69, 9.17) is 9.47 Å². The summed E-state index contributed by atoms with van der Waals surface area (Å²) in [5.41, 5.74) is 0.969. The number of amides is 1. The van der Waals surface area contributed by atoms with E-state index in [1.807, 2.05) is 60.4 Å². The van der Waals surface area contributed by atoms with Gasteiger partial charge >= 0.3 is 6.18 Å². The number of halogens is 4. The van der Waals surface area contributed by atoms with Crippen molar-refractivity contribution in [3.8, 4) is 16.9 Å². The van der Waals surface area contributed by atoms with Crippen molar-refractivity contribution in [2.24, 2.45) is 10.8 Å². The van der Waals surface area contributed by atoms with Crippen molar-refractivity contribution in [1.82, 2.24) is 9.97 Å². The first kappa shape index (κ1) is 29.2. The van der Waals surface area contributed by atoms with Gasteiger partial charge in [-0.15, -0.1) is 0 Å². The Bertz CT molecular complexity index is 1510. The maximum Gasteiger partial charge on any atom is 0.451 e. The van der Waals surface area contributed by atoms with Crippen molar-refractivity contribution in [3.05, 3.63) is 72.3 Å². The van der Waals surface area contributed by atoms with E-state index in [9.17, 15) is 22.4 Å². The average molecular weight is 610 g/mol. The largest absolute Gasteiger partial charge is 0.494 e. The van der Waals surface area contributed by atoms with Crippen LogP contribution in [0.4, 0.5) is 23.2 Å². The minimum atomic E-state index is -4.60. The highest BCUT2D eigenvalue weighted by molar-refractivity contribution is 5.95. The molecule has 2 aromatic carbocycles. The van der Waals surface area contributed by atoms with Gasteiger partial charge in [0.1, 0.15) is 11.4 Å². The van der Waals surface area contributed by atoms with Crippen molar-refractivity contribution in [2.45, 2.75) is 75.7 Å². The molecule has 4 aliphatic carbocycles. The Morgan fingerprint density at radius 1 is 0.955 bits per heavy atom. The topological polar surface area (TPSA) is 64.6 Å². The molecule has 3 aromatic rings. The summed E-state index contributed by atoms with van der Waals surface area (Å²) in [5.74, 6) is -0.382. The number of rotatable bonds is 9. The Balaban J connectivity index is 1.12. The predicted octanol–water partition coefficient (Wildman–Crippen LogP) is 7.66. The molecule has 0 spiro atoms. The number of alkyl halides is 4. The third-order valence-corrected chi connectivity index (χ3v) is 10.3. The van der Waals surface area contributed by atoms with Crippen LogP contribution >= 0.6 is 0 Å². The highest BCUT2D eigenvalue weighted by atomic mass is 19.4. The highest BCUT2D eigenvalue weighted by Gasteiger charge is 2.69. The number of carbonyl (C=O) groups excluding carboxylic acids is 1. The lowest BCUT2D eigenvalue weighted by atomic mass is 9.41. The summed E-state index contributed by atoms with van der Waals surface area (Å²) in [6.07, 6.45) is 2.24. The fourth-order valence-electron chi connectivity index (χ4n) is 7.94. The van der Waals surface area contributed by atoms with E-state index >= 15 is 0 Å². The second kappa shape index (κ2) is 10.3. The van der Waals surface area contributed by atoms with E-state index in [-0.39, 0.29) is 16.7 Å². The van der Waals surface area contributed by atoms with Gasteiger partial charge < -0.3 is 14.4 Å². The average Bonchev–Trinajstić information content (AvgIpc) is 3.00. The molecule has 6 aliphatic rings. The SMILES string of the molecule is CCOc1ccc(-c2cccc(N(CC34CCC(c5cnc(C(F)(F)F)nc5)(CC3)OC4)C(=O)CC34CC(F)(C3)C4)c2)cc1. The van der Waals surface area contributed by atoms with Crippen LogP contribution in [-0.4, -0.2) is 41.3 Å². The molecule has 1 amide bonds. The van der Waals surface area contributed by atoms with Gasteiger partial charge in [-0.2, -0.15) is 13.2 Å². The number of nitrogens with zero attached hydrogens (tertiary/aromatic N) is 3. The van der Waals surface area contributed by atoms with E-state index in [1.165, 1.54) is 12.4 Å². The van der Waals surface area contributed by atoms with Gasteiger partial charge in [0.05, 0.1) is 18.8 Å². The van der Waals surface area contributed by atoms with Gasteiger partial charge in [-0.1, -0.05) is 24.3 Å². The van der Waals surface area contributed by atoms with E-state index in [1.54, 1.807) is 0 Å². The molecule has 0 N–H and O–H groups in total. The quantitative estimate of drug-likeness (QED) is 0.233. The summed E-state index contributed by atoms with van der Waals surface area (Å²) in [6, 6.07) is 15.8. The van der Waals surface area contributed by atoms with Gasteiger partial charge in [0.25, 0.3) is 0 Å². The van der Waals surface area contributed by atoms with Crippen LogP contribution in [0.2, 0.25) is 0 Å². The molecule has 0 atom stereocenters.